The van der Waals surface area contributed by atoms with Gasteiger partial charge in [0.15, 0.2) is 6.61 Å². The monoisotopic (exact) mass is 694 g/mol. The van der Waals surface area contributed by atoms with E-state index < -0.39 is 0 Å². The van der Waals surface area contributed by atoms with Gasteiger partial charge in [0, 0.05) is 18.1 Å². The number of rotatable bonds is 11. The third-order valence-corrected chi connectivity index (χ3v) is 14.1. The SMILES string of the molecule is COc1ccccc1-c1coc2cc(OCC(=O)O[C@@H]3CC[C@]4(C)C(=CC[C@H]5[C@@H]6CC[C@H]([C@@H](C)CCCC(C)C)[C@@]6(C)CC[C@@H]54)C3)ccc2c1=O. The molecule has 3 fully saturated rings. The van der Waals surface area contributed by atoms with Crippen LogP contribution in [0.3, 0.4) is 0 Å². The molecule has 3 aromatic rings. The molecule has 2 aromatic carbocycles. The molecule has 6 nitrogen and oxygen atoms in total. The van der Waals surface area contributed by atoms with Gasteiger partial charge in [0.25, 0.3) is 0 Å². The molecule has 0 bridgehead atoms. The van der Waals surface area contributed by atoms with Crippen molar-refractivity contribution in [1.29, 1.82) is 0 Å². The number of hydrogen-bond donors (Lipinski definition) is 0. The van der Waals surface area contributed by atoms with E-state index in [2.05, 4.69) is 40.7 Å². The summed E-state index contributed by atoms with van der Waals surface area (Å²) in [5.41, 5.74) is 3.56. The average molecular weight is 695 g/mol. The second-order valence-corrected chi connectivity index (χ2v) is 17.3. The number of esters is 1. The standard InChI is InChI=1S/C45H58O6/c1-28(2)10-9-11-29(3)37-18-19-38-34-16-14-30-24-32(20-22-44(30,4)39(34)21-23-45(37,38)5)51-42(46)27-49-31-15-17-35-41(25-31)50-26-36(43(35)47)33-12-7-8-13-40(33)48-6/h7-8,12-15,17,25-26,28-29,32,34,37-39H,9-11,16,18-24,27H2,1-6H3/t29-,32+,34-,37+,38-,39-,44+,45+/m0/s1. The highest BCUT2D eigenvalue weighted by molar-refractivity contribution is 5.84. The van der Waals surface area contributed by atoms with Crippen molar-refractivity contribution in [1.82, 2.24) is 0 Å². The molecule has 51 heavy (non-hydrogen) atoms. The first-order chi connectivity index (χ1) is 24.5. The molecular formula is C45H58O6. The molecule has 0 saturated heterocycles. The minimum absolute atomic E-state index is 0.114. The summed E-state index contributed by atoms with van der Waals surface area (Å²) in [5.74, 6) is 5.57. The second kappa shape index (κ2) is 14.5. The Bertz CT molecular complexity index is 1820. The number of benzene rings is 2. The summed E-state index contributed by atoms with van der Waals surface area (Å²) in [5, 5.41) is 0.434. The summed E-state index contributed by atoms with van der Waals surface area (Å²) in [6, 6.07) is 12.4. The first kappa shape index (κ1) is 35.8. The van der Waals surface area contributed by atoms with Crippen LogP contribution in [0.5, 0.6) is 11.5 Å². The largest absolute Gasteiger partial charge is 0.496 e. The number of allylic oxidation sites excluding steroid dienone is 1. The van der Waals surface area contributed by atoms with Crippen LogP contribution in [-0.2, 0) is 9.53 Å². The molecule has 7 rings (SSSR count). The smallest absolute Gasteiger partial charge is 0.344 e. The van der Waals surface area contributed by atoms with E-state index in [9.17, 15) is 9.59 Å². The number of carbonyl (C=O) groups is 1. The number of methoxy groups -OCH3 is 1. The molecule has 1 aromatic heterocycles. The predicted octanol–water partition coefficient (Wildman–Crippen LogP) is 10.8. The Kier molecular flexibility index (Phi) is 10.2. The van der Waals surface area contributed by atoms with E-state index >= 15 is 0 Å². The lowest BCUT2D eigenvalue weighted by molar-refractivity contribution is -0.153. The lowest BCUT2D eigenvalue weighted by Crippen LogP contribution is -2.51. The summed E-state index contributed by atoms with van der Waals surface area (Å²) in [6.07, 6.45) is 17.6. The first-order valence-electron chi connectivity index (χ1n) is 19.7. The van der Waals surface area contributed by atoms with E-state index in [1.165, 1.54) is 63.2 Å². The Morgan fingerprint density at radius 3 is 2.59 bits per heavy atom. The summed E-state index contributed by atoms with van der Waals surface area (Å²) >= 11 is 0. The lowest BCUT2D eigenvalue weighted by Gasteiger charge is -2.58. The van der Waals surface area contributed by atoms with Gasteiger partial charge in [-0.2, -0.15) is 0 Å². The van der Waals surface area contributed by atoms with E-state index in [0.717, 1.165) is 54.8 Å². The zero-order valence-corrected chi connectivity index (χ0v) is 31.7. The quantitative estimate of drug-likeness (QED) is 0.147. The Hall–Kier alpha value is -3.54. The lowest BCUT2D eigenvalue weighted by atomic mass is 9.47. The molecule has 8 atom stereocenters. The Labute approximate surface area is 304 Å². The maximum atomic E-state index is 13.3. The van der Waals surface area contributed by atoms with Crippen LogP contribution < -0.4 is 14.9 Å². The molecule has 1 heterocycles. The topological polar surface area (TPSA) is 75.0 Å². The van der Waals surface area contributed by atoms with E-state index in [1.54, 1.807) is 25.3 Å². The maximum Gasteiger partial charge on any atom is 0.344 e. The van der Waals surface area contributed by atoms with Gasteiger partial charge in [0.05, 0.1) is 18.1 Å². The van der Waals surface area contributed by atoms with Gasteiger partial charge in [-0.25, -0.2) is 4.79 Å². The van der Waals surface area contributed by atoms with Crippen molar-refractivity contribution in [2.45, 2.75) is 111 Å². The zero-order chi connectivity index (χ0) is 35.9. The molecule has 0 spiro atoms. The highest BCUT2D eigenvalue weighted by Crippen LogP contribution is 2.67. The molecule has 0 N–H and O–H groups in total. The summed E-state index contributed by atoms with van der Waals surface area (Å²) < 4.78 is 23.2. The first-order valence-corrected chi connectivity index (χ1v) is 19.7. The van der Waals surface area contributed by atoms with E-state index in [0.29, 0.717) is 39.0 Å². The van der Waals surface area contributed by atoms with E-state index in [1.807, 2.05) is 24.3 Å². The third kappa shape index (κ3) is 6.77. The fraction of sp³-hybridized carbons (Fsp3) is 0.600. The maximum absolute atomic E-state index is 13.3. The van der Waals surface area contributed by atoms with Gasteiger partial charge in [-0.3, -0.25) is 4.79 Å². The molecule has 6 heteroatoms. The Morgan fingerprint density at radius 2 is 1.78 bits per heavy atom. The molecule has 0 unspecified atom stereocenters. The predicted molar refractivity (Wildman–Crippen MR) is 203 cm³/mol. The van der Waals surface area contributed by atoms with Gasteiger partial charge >= 0.3 is 5.97 Å². The van der Waals surface area contributed by atoms with Crippen molar-refractivity contribution in [3.63, 3.8) is 0 Å². The van der Waals surface area contributed by atoms with Crippen LogP contribution in [0.2, 0.25) is 0 Å². The van der Waals surface area contributed by atoms with Gasteiger partial charge in [-0.05, 0) is 109 Å². The minimum Gasteiger partial charge on any atom is -0.496 e. The van der Waals surface area contributed by atoms with Crippen molar-refractivity contribution >= 4 is 16.9 Å². The van der Waals surface area contributed by atoms with Crippen molar-refractivity contribution in [2.75, 3.05) is 13.7 Å². The number of hydrogen-bond acceptors (Lipinski definition) is 6. The fourth-order valence-electron chi connectivity index (χ4n) is 11.4. The van der Waals surface area contributed by atoms with Gasteiger partial charge in [0.2, 0.25) is 5.43 Å². The third-order valence-electron chi connectivity index (χ3n) is 14.1. The van der Waals surface area contributed by atoms with E-state index in [-0.39, 0.29) is 29.5 Å². The van der Waals surface area contributed by atoms with Crippen LogP contribution in [0, 0.1) is 46.3 Å². The molecule has 3 saturated carbocycles. The van der Waals surface area contributed by atoms with Gasteiger partial charge in [0.1, 0.15) is 29.4 Å². The number of fused-ring (bicyclic) bond motifs is 6. The van der Waals surface area contributed by atoms with Crippen molar-refractivity contribution in [3.05, 3.63) is 70.6 Å². The summed E-state index contributed by atoms with van der Waals surface area (Å²) in [4.78, 5) is 26.3. The minimum atomic E-state index is -0.362. The van der Waals surface area contributed by atoms with Crippen molar-refractivity contribution in [2.24, 2.45) is 46.3 Å². The molecule has 4 aliphatic rings. The van der Waals surface area contributed by atoms with Crippen LogP contribution in [0.25, 0.3) is 22.1 Å². The Morgan fingerprint density at radius 1 is 0.961 bits per heavy atom. The molecular weight excluding hydrogens is 636 g/mol. The fourth-order valence-corrected chi connectivity index (χ4v) is 11.4. The average Bonchev–Trinajstić information content (AvgIpc) is 3.48. The number of para-hydroxylation sites is 1. The molecule has 0 radical (unpaired) electrons. The second-order valence-electron chi connectivity index (χ2n) is 17.3. The zero-order valence-electron chi connectivity index (χ0n) is 31.7. The van der Waals surface area contributed by atoms with E-state index in [4.69, 9.17) is 18.6 Å². The molecule has 0 amide bonds. The molecule has 0 aliphatic heterocycles. The highest BCUT2D eigenvalue weighted by Gasteiger charge is 2.59. The number of ether oxygens (including phenoxy) is 3. The Balaban J connectivity index is 0.950. The van der Waals surface area contributed by atoms with Crippen LogP contribution in [-0.4, -0.2) is 25.8 Å². The summed E-state index contributed by atoms with van der Waals surface area (Å²) in [7, 11) is 1.58. The normalized spacial score (nSPS) is 30.6. The van der Waals surface area contributed by atoms with Crippen LogP contribution >= 0.6 is 0 Å². The number of carbonyl (C=O) groups excluding carboxylic acids is 1. The molecule has 4 aliphatic carbocycles. The van der Waals surface area contributed by atoms with Gasteiger partial charge in [-0.15, -0.1) is 0 Å². The molecule has 274 valence electrons. The van der Waals surface area contributed by atoms with Crippen LogP contribution in [0.1, 0.15) is 105 Å². The highest BCUT2D eigenvalue weighted by atomic mass is 16.6. The van der Waals surface area contributed by atoms with Crippen molar-refractivity contribution < 1.29 is 23.4 Å². The van der Waals surface area contributed by atoms with Crippen molar-refractivity contribution in [3.8, 4) is 22.6 Å². The van der Waals surface area contributed by atoms with Gasteiger partial charge < -0.3 is 18.6 Å². The van der Waals surface area contributed by atoms with Crippen LogP contribution in [0.15, 0.2) is 69.6 Å². The van der Waals surface area contributed by atoms with Crippen LogP contribution in [0.4, 0.5) is 0 Å². The van der Waals surface area contributed by atoms with Gasteiger partial charge in [-0.1, -0.05) is 83.7 Å². The summed E-state index contributed by atoms with van der Waals surface area (Å²) in [6.45, 7) is 12.3.